The van der Waals surface area contributed by atoms with Crippen molar-refractivity contribution in [1.82, 2.24) is 4.98 Å². The summed E-state index contributed by atoms with van der Waals surface area (Å²) in [5, 5.41) is 2.72. The summed E-state index contributed by atoms with van der Waals surface area (Å²) in [4.78, 5) is 16.0. The predicted molar refractivity (Wildman–Crippen MR) is 89.6 cm³/mol. The first-order valence-electron chi connectivity index (χ1n) is 7.46. The average Bonchev–Trinajstić information content (AvgIpc) is 2.45. The summed E-state index contributed by atoms with van der Waals surface area (Å²) in [6.45, 7) is 7.80. The van der Waals surface area contributed by atoms with Crippen molar-refractivity contribution in [2.45, 2.75) is 39.9 Å². The van der Waals surface area contributed by atoms with Gasteiger partial charge in [0.15, 0.2) is 0 Å². The second kappa shape index (κ2) is 7.13. The standard InChI is InChI=1S/C18H22N2O3/c1-13-8-9-16(11-19-13)22-12-14-6-5-7-15(10-14)20-17(21)23-18(2,3)4/h5-11H,12H2,1-4H3,(H,20,21). The summed E-state index contributed by atoms with van der Waals surface area (Å²) in [5.74, 6) is 0.709. The molecular formula is C18H22N2O3. The van der Waals surface area contributed by atoms with Crippen LogP contribution >= 0.6 is 0 Å². The number of rotatable bonds is 4. The first-order chi connectivity index (χ1) is 10.8. The maximum absolute atomic E-state index is 11.8. The van der Waals surface area contributed by atoms with Gasteiger partial charge in [-0.15, -0.1) is 0 Å². The van der Waals surface area contributed by atoms with Gasteiger partial charge in [-0.1, -0.05) is 12.1 Å². The van der Waals surface area contributed by atoms with Crippen molar-refractivity contribution < 1.29 is 14.3 Å². The summed E-state index contributed by atoms with van der Waals surface area (Å²) < 4.78 is 10.9. The topological polar surface area (TPSA) is 60.5 Å². The van der Waals surface area contributed by atoms with Crippen LogP contribution in [0.25, 0.3) is 0 Å². The van der Waals surface area contributed by atoms with Crippen LogP contribution in [0.15, 0.2) is 42.6 Å². The summed E-state index contributed by atoms with van der Waals surface area (Å²) in [6.07, 6.45) is 1.22. The lowest BCUT2D eigenvalue weighted by Crippen LogP contribution is -2.27. The van der Waals surface area contributed by atoms with E-state index in [1.165, 1.54) is 0 Å². The Morgan fingerprint density at radius 1 is 1.22 bits per heavy atom. The largest absolute Gasteiger partial charge is 0.487 e. The predicted octanol–water partition coefficient (Wildman–Crippen LogP) is 4.32. The maximum Gasteiger partial charge on any atom is 0.412 e. The lowest BCUT2D eigenvalue weighted by atomic mass is 10.2. The Hall–Kier alpha value is -2.56. The highest BCUT2D eigenvalue weighted by Gasteiger charge is 2.16. The molecule has 0 radical (unpaired) electrons. The van der Waals surface area contributed by atoms with Gasteiger partial charge in [-0.2, -0.15) is 0 Å². The van der Waals surface area contributed by atoms with Gasteiger partial charge in [0.2, 0.25) is 0 Å². The van der Waals surface area contributed by atoms with Gasteiger partial charge < -0.3 is 9.47 Å². The third kappa shape index (κ3) is 5.98. The zero-order chi connectivity index (χ0) is 16.9. The van der Waals surface area contributed by atoms with Crippen LogP contribution in [-0.2, 0) is 11.3 Å². The van der Waals surface area contributed by atoms with Gasteiger partial charge in [0.25, 0.3) is 0 Å². The monoisotopic (exact) mass is 314 g/mol. The molecule has 1 N–H and O–H groups in total. The molecule has 0 saturated heterocycles. The molecule has 1 aromatic heterocycles. The minimum atomic E-state index is -0.525. The number of amides is 1. The molecule has 2 rings (SSSR count). The second-order valence-electron chi connectivity index (χ2n) is 6.25. The Kier molecular flexibility index (Phi) is 5.21. The van der Waals surface area contributed by atoms with Crippen LogP contribution in [0, 0.1) is 6.92 Å². The highest BCUT2D eigenvalue weighted by atomic mass is 16.6. The molecule has 5 heteroatoms. The third-order valence-corrected chi connectivity index (χ3v) is 2.86. The Balaban J connectivity index is 1.94. The SMILES string of the molecule is Cc1ccc(OCc2cccc(NC(=O)OC(C)(C)C)c2)cn1. The lowest BCUT2D eigenvalue weighted by Gasteiger charge is -2.19. The van der Waals surface area contributed by atoms with Crippen LogP contribution in [-0.4, -0.2) is 16.7 Å². The number of carbonyl (C=O) groups is 1. The van der Waals surface area contributed by atoms with Crippen LogP contribution in [0.4, 0.5) is 10.5 Å². The fourth-order valence-corrected chi connectivity index (χ4v) is 1.87. The molecule has 0 fully saturated rings. The van der Waals surface area contributed by atoms with E-state index in [9.17, 15) is 4.79 Å². The second-order valence-corrected chi connectivity index (χ2v) is 6.25. The average molecular weight is 314 g/mol. The van der Waals surface area contributed by atoms with Gasteiger partial charge in [-0.3, -0.25) is 10.3 Å². The number of ether oxygens (including phenoxy) is 2. The summed E-state index contributed by atoms with van der Waals surface area (Å²) >= 11 is 0. The van der Waals surface area contributed by atoms with Gasteiger partial charge in [-0.25, -0.2) is 4.79 Å². The third-order valence-electron chi connectivity index (χ3n) is 2.86. The maximum atomic E-state index is 11.8. The number of aromatic nitrogens is 1. The Morgan fingerprint density at radius 2 is 2.00 bits per heavy atom. The molecule has 122 valence electrons. The van der Waals surface area contributed by atoms with Crippen molar-refractivity contribution in [2.75, 3.05) is 5.32 Å². The zero-order valence-corrected chi connectivity index (χ0v) is 13.9. The van der Waals surface area contributed by atoms with E-state index in [4.69, 9.17) is 9.47 Å². The van der Waals surface area contributed by atoms with E-state index in [-0.39, 0.29) is 0 Å². The van der Waals surface area contributed by atoms with Crippen LogP contribution in [0.5, 0.6) is 5.75 Å². The molecule has 5 nitrogen and oxygen atoms in total. The number of anilines is 1. The van der Waals surface area contributed by atoms with Crippen molar-refractivity contribution in [2.24, 2.45) is 0 Å². The van der Waals surface area contributed by atoms with Crippen molar-refractivity contribution >= 4 is 11.8 Å². The van der Waals surface area contributed by atoms with Gasteiger partial charge in [-0.05, 0) is 57.5 Å². The molecule has 0 unspecified atom stereocenters. The number of hydrogen-bond donors (Lipinski definition) is 1. The first-order valence-corrected chi connectivity index (χ1v) is 7.46. The minimum Gasteiger partial charge on any atom is -0.487 e. The van der Waals surface area contributed by atoms with E-state index in [1.807, 2.05) is 58.0 Å². The summed E-state index contributed by atoms with van der Waals surface area (Å²) in [5.41, 5.74) is 2.03. The fourth-order valence-electron chi connectivity index (χ4n) is 1.87. The van der Waals surface area contributed by atoms with E-state index >= 15 is 0 Å². The number of hydrogen-bond acceptors (Lipinski definition) is 4. The normalized spacial score (nSPS) is 11.0. The zero-order valence-electron chi connectivity index (χ0n) is 13.9. The Morgan fingerprint density at radius 3 is 2.65 bits per heavy atom. The van der Waals surface area contributed by atoms with Crippen molar-refractivity contribution in [3.63, 3.8) is 0 Å². The molecule has 0 atom stereocenters. The highest BCUT2D eigenvalue weighted by molar-refractivity contribution is 5.84. The summed E-state index contributed by atoms with van der Waals surface area (Å²) in [6, 6.07) is 11.2. The van der Waals surface area contributed by atoms with Gasteiger partial charge in [0.1, 0.15) is 18.0 Å². The number of nitrogens with zero attached hydrogens (tertiary/aromatic N) is 1. The molecule has 2 aromatic rings. The van der Waals surface area contributed by atoms with Crippen LogP contribution in [0.2, 0.25) is 0 Å². The van der Waals surface area contributed by atoms with Crippen molar-refractivity contribution in [3.8, 4) is 5.75 Å². The number of carbonyl (C=O) groups excluding carboxylic acids is 1. The van der Waals surface area contributed by atoms with E-state index < -0.39 is 11.7 Å². The quantitative estimate of drug-likeness (QED) is 0.913. The number of aryl methyl sites for hydroxylation is 1. The molecule has 1 aromatic carbocycles. The van der Waals surface area contributed by atoms with Crippen molar-refractivity contribution in [1.29, 1.82) is 0 Å². The van der Waals surface area contributed by atoms with Crippen LogP contribution in [0.3, 0.4) is 0 Å². The van der Waals surface area contributed by atoms with Gasteiger partial charge in [0.05, 0.1) is 6.20 Å². The van der Waals surface area contributed by atoms with Gasteiger partial charge >= 0.3 is 6.09 Å². The van der Waals surface area contributed by atoms with E-state index in [0.29, 0.717) is 18.0 Å². The van der Waals surface area contributed by atoms with Crippen molar-refractivity contribution in [3.05, 3.63) is 53.9 Å². The Bertz CT molecular complexity index is 661. The van der Waals surface area contributed by atoms with Gasteiger partial charge in [0, 0.05) is 11.4 Å². The van der Waals surface area contributed by atoms with Crippen LogP contribution in [0.1, 0.15) is 32.0 Å². The molecule has 0 saturated carbocycles. The highest BCUT2D eigenvalue weighted by Crippen LogP contribution is 2.16. The number of pyridine rings is 1. The molecule has 0 spiro atoms. The molecule has 1 amide bonds. The van der Waals surface area contributed by atoms with Crippen LogP contribution < -0.4 is 10.1 Å². The number of benzene rings is 1. The molecule has 1 heterocycles. The molecule has 0 aliphatic heterocycles. The summed E-state index contributed by atoms with van der Waals surface area (Å²) in [7, 11) is 0. The smallest absolute Gasteiger partial charge is 0.412 e. The Labute approximate surface area is 136 Å². The molecule has 0 aliphatic carbocycles. The molecule has 0 aliphatic rings. The van der Waals surface area contributed by atoms with E-state index in [1.54, 1.807) is 12.3 Å². The lowest BCUT2D eigenvalue weighted by molar-refractivity contribution is 0.0636. The molecular weight excluding hydrogens is 292 g/mol. The van der Waals surface area contributed by atoms with E-state index in [0.717, 1.165) is 11.3 Å². The fraction of sp³-hybridized carbons (Fsp3) is 0.333. The number of nitrogens with one attached hydrogen (secondary N) is 1. The first kappa shape index (κ1) is 16.8. The van der Waals surface area contributed by atoms with E-state index in [2.05, 4.69) is 10.3 Å². The molecule has 23 heavy (non-hydrogen) atoms. The molecule has 0 bridgehead atoms. The minimum absolute atomic E-state index is 0.397.